The molecule has 21 heavy (non-hydrogen) atoms. The van der Waals surface area contributed by atoms with Crippen LogP contribution < -0.4 is 5.43 Å². The number of nitrogens with zero attached hydrogens (tertiary/aromatic N) is 1. The van der Waals surface area contributed by atoms with E-state index in [1.165, 1.54) is 11.8 Å². The molecular formula is C16H16N2OS2. The van der Waals surface area contributed by atoms with Crippen LogP contribution in [0.2, 0.25) is 0 Å². The average Bonchev–Trinajstić information content (AvgIpc) is 2.53. The van der Waals surface area contributed by atoms with Crippen molar-refractivity contribution in [2.45, 2.75) is 5.92 Å². The van der Waals surface area contributed by atoms with Gasteiger partial charge in [-0.1, -0.05) is 72.5 Å². The second kappa shape index (κ2) is 7.90. The third-order valence-corrected chi connectivity index (χ3v) is 4.22. The van der Waals surface area contributed by atoms with E-state index in [1.807, 2.05) is 48.7 Å². The van der Waals surface area contributed by atoms with Gasteiger partial charge in [-0.15, -0.1) is 0 Å². The molecule has 0 amide bonds. The smallest absolute Gasteiger partial charge is 0.163 e. The molecule has 0 saturated carbocycles. The van der Waals surface area contributed by atoms with E-state index in [4.69, 9.17) is 12.2 Å². The van der Waals surface area contributed by atoms with Gasteiger partial charge in [-0.3, -0.25) is 10.2 Å². The molecule has 2 atom stereocenters. The number of benzene rings is 1. The summed E-state index contributed by atoms with van der Waals surface area (Å²) in [7, 11) is 0. The van der Waals surface area contributed by atoms with Crippen molar-refractivity contribution in [2.75, 3.05) is 6.26 Å². The molecule has 1 N–H and O–H groups in total. The number of carbonyl (C=O) groups is 1. The maximum absolute atomic E-state index is 12.1. The first-order chi connectivity index (χ1) is 10.2. The van der Waals surface area contributed by atoms with Gasteiger partial charge in [-0.05, 0) is 17.9 Å². The molecule has 0 fully saturated rings. The highest BCUT2D eigenvalue weighted by atomic mass is 32.2. The molecule has 1 aliphatic carbocycles. The Kier molecular flexibility index (Phi) is 5.90. The minimum Gasteiger partial charge on any atom is -0.294 e. The van der Waals surface area contributed by atoms with Gasteiger partial charge in [0.15, 0.2) is 10.1 Å². The summed E-state index contributed by atoms with van der Waals surface area (Å²) in [6.07, 6.45) is 10.8. The highest BCUT2D eigenvalue weighted by Crippen LogP contribution is 2.27. The molecule has 0 bridgehead atoms. The highest BCUT2D eigenvalue weighted by molar-refractivity contribution is 8.22. The molecule has 5 heteroatoms. The molecule has 3 nitrogen and oxygen atoms in total. The summed E-state index contributed by atoms with van der Waals surface area (Å²) in [5, 5.41) is 4.18. The summed E-state index contributed by atoms with van der Waals surface area (Å²) in [5.41, 5.74) is 3.85. The predicted molar refractivity (Wildman–Crippen MR) is 93.7 cm³/mol. The number of thiocarbonyl (C=S) groups is 1. The fraction of sp³-hybridized carbons (Fsp3) is 0.188. The number of hydrazone groups is 1. The van der Waals surface area contributed by atoms with Gasteiger partial charge in [0.05, 0.1) is 5.92 Å². The van der Waals surface area contributed by atoms with Gasteiger partial charge in [0.25, 0.3) is 0 Å². The molecule has 108 valence electrons. The second-order valence-corrected chi connectivity index (χ2v) is 5.97. The van der Waals surface area contributed by atoms with Crippen molar-refractivity contribution in [3.8, 4) is 0 Å². The zero-order valence-electron chi connectivity index (χ0n) is 11.6. The topological polar surface area (TPSA) is 41.5 Å². The van der Waals surface area contributed by atoms with Crippen LogP contribution in [-0.2, 0) is 4.79 Å². The zero-order valence-corrected chi connectivity index (χ0v) is 13.2. The van der Waals surface area contributed by atoms with E-state index in [0.29, 0.717) is 4.32 Å². The van der Waals surface area contributed by atoms with E-state index in [9.17, 15) is 4.79 Å². The van der Waals surface area contributed by atoms with Crippen LogP contribution in [0.4, 0.5) is 0 Å². The standard InChI is InChI=1S/C16H16N2OS2/c1-21-16(20)18-17-11-14(12-7-3-2-4-8-12)13-9-5-6-10-15(13)19/h2-11,13-14H,1H3,(H,18,20). The van der Waals surface area contributed by atoms with Crippen LogP contribution in [0.5, 0.6) is 0 Å². The Balaban J connectivity index is 2.23. The van der Waals surface area contributed by atoms with Crippen molar-refractivity contribution in [3.63, 3.8) is 0 Å². The summed E-state index contributed by atoms with van der Waals surface area (Å²) < 4.78 is 0.600. The fourth-order valence-corrected chi connectivity index (χ4v) is 2.31. The summed E-state index contributed by atoms with van der Waals surface area (Å²) >= 11 is 6.47. The van der Waals surface area contributed by atoms with E-state index in [2.05, 4.69) is 10.5 Å². The van der Waals surface area contributed by atoms with E-state index in [-0.39, 0.29) is 17.6 Å². The summed E-state index contributed by atoms with van der Waals surface area (Å²) in [4.78, 5) is 12.1. The lowest BCUT2D eigenvalue weighted by Gasteiger charge is -2.21. The molecule has 1 aliphatic rings. The Morgan fingerprint density at radius 3 is 2.81 bits per heavy atom. The molecule has 0 saturated heterocycles. The fourth-order valence-electron chi connectivity index (χ4n) is 2.11. The maximum atomic E-state index is 12.1. The number of allylic oxidation sites excluding steroid dienone is 4. The van der Waals surface area contributed by atoms with Crippen LogP contribution in [0.15, 0.2) is 59.7 Å². The van der Waals surface area contributed by atoms with Gasteiger partial charge in [-0.25, -0.2) is 0 Å². The summed E-state index contributed by atoms with van der Waals surface area (Å²) in [6, 6.07) is 9.88. The first kappa shape index (κ1) is 15.7. The van der Waals surface area contributed by atoms with Crippen molar-refractivity contribution in [1.29, 1.82) is 0 Å². The molecule has 2 unspecified atom stereocenters. The van der Waals surface area contributed by atoms with Gasteiger partial charge in [0.1, 0.15) is 0 Å². The number of ketones is 1. The molecule has 0 aliphatic heterocycles. The van der Waals surface area contributed by atoms with Gasteiger partial charge >= 0.3 is 0 Å². The van der Waals surface area contributed by atoms with Gasteiger partial charge in [-0.2, -0.15) is 5.10 Å². The SMILES string of the molecule is CSC(=S)NN=CC(c1ccccc1)C1C=CC=CC1=O. The number of rotatable bonds is 4. The third-order valence-electron chi connectivity index (χ3n) is 3.17. The Morgan fingerprint density at radius 2 is 2.14 bits per heavy atom. The normalized spacial score (nSPS) is 18.9. The second-order valence-electron chi connectivity index (χ2n) is 4.49. The van der Waals surface area contributed by atoms with Crippen LogP contribution >= 0.6 is 24.0 Å². The number of nitrogens with one attached hydrogen (secondary N) is 1. The Bertz CT molecular complexity index is 594. The number of hydrogen-bond acceptors (Lipinski definition) is 4. The number of hydrogen-bond donors (Lipinski definition) is 1. The van der Waals surface area contributed by atoms with Crippen LogP contribution in [0.3, 0.4) is 0 Å². The summed E-state index contributed by atoms with van der Waals surface area (Å²) in [5.74, 6) is -0.256. The lowest BCUT2D eigenvalue weighted by Crippen LogP contribution is -2.23. The lowest BCUT2D eigenvalue weighted by molar-refractivity contribution is -0.117. The van der Waals surface area contributed by atoms with Crippen LogP contribution in [0.1, 0.15) is 11.5 Å². The highest BCUT2D eigenvalue weighted by Gasteiger charge is 2.25. The van der Waals surface area contributed by atoms with Crippen LogP contribution in [-0.4, -0.2) is 22.6 Å². The predicted octanol–water partition coefficient (Wildman–Crippen LogP) is 3.30. The molecule has 0 heterocycles. The van der Waals surface area contributed by atoms with Crippen LogP contribution in [0, 0.1) is 5.92 Å². The first-order valence-electron chi connectivity index (χ1n) is 6.53. The van der Waals surface area contributed by atoms with E-state index in [1.54, 1.807) is 18.4 Å². The van der Waals surface area contributed by atoms with E-state index in [0.717, 1.165) is 5.56 Å². The molecule has 0 radical (unpaired) electrons. The molecule has 2 rings (SSSR count). The van der Waals surface area contributed by atoms with E-state index >= 15 is 0 Å². The van der Waals surface area contributed by atoms with Crippen molar-refractivity contribution in [3.05, 3.63) is 60.2 Å². The van der Waals surface area contributed by atoms with Crippen LogP contribution in [0.25, 0.3) is 0 Å². The summed E-state index contributed by atoms with van der Waals surface area (Å²) in [6.45, 7) is 0. The number of thioether (sulfide) groups is 1. The van der Waals surface area contributed by atoms with Gasteiger partial charge < -0.3 is 0 Å². The minimum absolute atomic E-state index is 0.0882. The van der Waals surface area contributed by atoms with E-state index < -0.39 is 0 Å². The Labute approximate surface area is 134 Å². The van der Waals surface area contributed by atoms with Crippen molar-refractivity contribution in [2.24, 2.45) is 11.0 Å². The van der Waals surface area contributed by atoms with Crippen molar-refractivity contribution < 1.29 is 4.79 Å². The molecule has 1 aromatic rings. The average molecular weight is 316 g/mol. The van der Waals surface area contributed by atoms with Gasteiger partial charge in [0, 0.05) is 12.1 Å². The molecular weight excluding hydrogens is 300 g/mol. The first-order valence-corrected chi connectivity index (χ1v) is 8.16. The quantitative estimate of drug-likeness (QED) is 0.526. The zero-order chi connectivity index (χ0) is 15.1. The van der Waals surface area contributed by atoms with Crippen molar-refractivity contribution >= 4 is 40.3 Å². The monoisotopic (exact) mass is 316 g/mol. The molecule has 1 aromatic carbocycles. The molecule has 0 spiro atoms. The number of carbonyl (C=O) groups excluding carboxylic acids is 1. The third kappa shape index (κ3) is 4.37. The lowest BCUT2D eigenvalue weighted by atomic mass is 9.82. The molecule has 0 aromatic heterocycles. The Hall–Kier alpha value is -1.72. The minimum atomic E-state index is -0.231. The van der Waals surface area contributed by atoms with Crippen molar-refractivity contribution in [1.82, 2.24) is 5.43 Å². The Morgan fingerprint density at radius 1 is 1.38 bits per heavy atom. The van der Waals surface area contributed by atoms with Gasteiger partial charge in [0.2, 0.25) is 0 Å². The largest absolute Gasteiger partial charge is 0.294 e. The maximum Gasteiger partial charge on any atom is 0.163 e.